The fourth-order valence-corrected chi connectivity index (χ4v) is 4.92. The molecule has 1 aromatic heterocycles. The van der Waals surface area contributed by atoms with Crippen LogP contribution in [0, 0.1) is 5.82 Å². The number of aliphatic hydroxyl groups is 1. The summed E-state index contributed by atoms with van der Waals surface area (Å²) < 4.78 is 34.7. The lowest BCUT2D eigenvalue weighted by atomic mass is 9.96. The van der Waals surface area contributed by atoms with Crippen LogP contribution in [-0.4, -0.2) is 73.0 Å². The van der Waals surface area contributed by atoms with Crippen LogP contribution in [0.15, 0.2) is 49.2 Å². The second kappa shape index (κ2) is 12.5. The predicted molar refractivity (Wildman–Crippen MR) is 162 cm³/mol. The van der Waals surface area contributed by atoms with Crippen molar-refractivity contribution in [2.45, 2.75) is 31.7 Å². The third kappa shape index (κ3) is 6.98. The molecule has 2 atom stereocenters. The number of aromatic nitrogens is 2. The molecule has 12 heteroatoms. The number of nitrogens with zero attached hydrogens (tertiary/aromatic N) is 4. The van der Waals surface area contributed by atoms with Gasteiger partial charge in [0.05, 0.1) is 47.4 Å². The second-order valence-corrected chi connectivity index (χ2v) is 11.0. The van der Waals surface area contributed by atoms with E-state index in [2.05, 4.69) is 32.5 Å². The minimum Gasteiger partial charge on any atom is -0.494 e. The van der Waals surface area contributed by atoms with Crippen LogP contribution in [0.5, 0.6) is 5.75 Å². The topological polar surface area (TPSA) is 97.8 Å². The van der Waals surface area contributed by atoms with Gasteiger partial charge in [0, 0.05) is 36.6 Å². The fourth-order valence-electron chi connectivity index (χ4n) is 4.75. The summed E-state index contributed by atoms with van der Waals surface area (Å²) in [6.07, 6.45) is 2.31. The Morgan fingerprint density at radius 3 is 2.59 bits per heavy atom. The lowest BCUT2D eigenvalue weighted by Crippen LogP contribution is -2.36. The maximum atomic E-state index is 14.8. The average Bonchev–Trinajstić information content (AvgIpc) is 3.30. The molecule has 0 amide bonds. The Balaban J connectivity index is 1.65. The first-order valence-corrected chi connectivity index (χ1v) is 13.5. The van der Waals surface area contributed by atoms with Crippen molar-refractivity contribution in [1.82, 2.24) is 14.9 Å². The van der Waals surface area contributed by atoms with Crippen molar-refractivity contribution < 1.29 is 18.6 Å². The van der Waals surface area contributed by atoms with Crippen molar-refractivity contribution in [3.05, 3.63) is 65.6 Å². The van der Waals surface area contributed by atoms with Crippen LogP contribution < -0.4 is 25.6 Å². The molecule has 3 aromatic rings. The first kappa shape index (κ1) is 30.3. The Hall–Kier alpha value is -3.67. The van der Waals surface area contributed by atoms with Gasteiger partial charge in [-0.15, -0.1) is 6.58 Å². The van der Waals surface area contributed by atoms with E-state index in [9.17, 15) is 13.9 Å². The number of rotatable bonds is 11. The lowest BCUT2D eigenvalue weighted by Gasteiger charge is -2.25. The van der Waals surface area contributed by atoms with E-state index in [1.165, 1.54) is 12.1 Å². The number of hydrogen-bond acceptors (Lipinski definition) is 9. The average molecular weight is 588 g/mol. The molecule has 0 aliphatic carbocycles. The summed E-state index contributed by atoms with van der Waals surface area (Å²) in [7, 11) is 5.32. The SMILES string of the molecule is C=CCNc1cc(Nc2nccc(Nc3cc(Cl)c(F)cc3C(C)(C)O)n2)c(OC)cc1N1C[C@@H](F)[C@@H](N(C)C)C1. The van der Waals surface area contributed by atoms with E-state index in [1.807, 2.05) is 36.0 Å². The van der Waals surface area contributed by atoms with Gasteiger partial charge >= 0.3 is 0 Å². The molecule has 0 radical (unpaired) electrons. The van der Waals surface area contributed by atoms with Gasteiger partial charge in [0.15, 0.2) is 0 Å². The van der Waals surface area contributed by atoms with Crippen LogP contribution >= 0.6 is 11.6 Å². The van der Waals surface area contributed by atoms with Crippen LogP contribution in [-0.2, 0) is 5.60 Å². The van der Waals surface area contributed by atoms with E-state index in [0.29, 0.717) is 41.6 Å². The molecule has 0 saturated carbocycles. The Labute approximate surface area is 244 Å². The summed E-state index contributed by atoms with van der Waals surface area (Å²) in [6.45, 7) is 8.20. The number of alkyl halides is 1. The largest absolute Gasteiger partial charge is 0.494 e. The molecule has 4 rings (SSSR count). The highest BCUT2D eigenvalue weighted by Crippen LogP contribution is 2.40. The quantitative estimate of drug-likeness (QED) is 0.211. The van der Waals surface area contributed by atoms with Crippen LogP contribution in [0.1, 0.15) is 19.4 Å². The maximum absolute atomic E-state index is 14.8. The van der Waals surface area contributed by atoms with Crippen molar-refractivity contribution in [2.75, 3.05) is 61.7 Å². The van der Waals surface area contributed by atoms with Crippen molar-refractivity contribution in [3.63, 3.8) is 0 Å². The molecule has 0 spiro atoms. The van der Waals surface area contributed by atoms with E-state index in [-0.39, 0.29) is 23.6 Å². The number of benzene rings is 2. The lowest BCUT2D eigenvalue weighted by molar-refractivity contribution is 0.0790. The molecule has 1 saturated heterocycles. The van der Waals surface area contributed by atoms with E-state index in [0.717, 1.165) is 11.4 Å². The summed E-state index contributed by atoms with van der Waals surface area (Å²) in [6, 6.07) is 7.74. The predicted octanol–water partition coefficient (Wildman–Crippen LogP) is 5.68. The van der Waals surface area contributed by atoms with Crippen molar-refractivity contribution in [2.24, 2.45) is 0 Å². The van der Waals surface area contributed by atoms with Crippen LogP contribution in [0.2, 0.25) is 5.02 Å². The summed E-state index contributed by atoms with van der Waals surface area (Å²) >= 11 is 6.02. The van der Waals surface area contributed by atoms with Crippen molar-refractivity contribution >= 4 is 46.1 Å². The smallest absolute Gasteiger partial charge is 0.229 e. The molecular formula is C29H36ClF2N7O2. The van der Waals surface area contributed by atoms with Gasteiger partial charge in [-0.25, -0.2) is 13.8 Å². The number of likely N-dealkylation sites (N-methyl/N-ethyl adjacent to an activating group) is 1. The molecule has 4 N–H and O–H groups in total. The highest BCUT2D eigenvalue weighted by Gasteiger charge is 2.35. The first-order valence-electron chi connectivity index (χ1n) is 13.1. The van der Waals surface area contributed by atoms with Gasteiger partial charge in [-0.1, -0.05) is 17.7 Å². The Kier molecular flexibility index (Phi) is 9.21. The molecular weight excluding hydrogens is 552 g/mol. The third-order valence-electron chi connectivity index (χ3n) is 6.86. The minimum absolute atomic E-state index is 0.0914. The van der Waals surface area contributed by atoms with Crippen LogP contribution in [0.4, 0.5) is 43.3 Å². The molecule has 2 heterocycles. The molecule has 1 aliphatic rings. The zero-order chi connectivity index (χ0) is 29.9. The van der Waals surface area contributed by atoms with Gasteiger partial charge in [0.2, 0.25) is 5.95 Å². The minimum atomic E-state index is -1.34. The van der Waals surface area contributed by atoms with Gasteiger partial charge in [-0.3, -0.25) is 0 Å². The number of halogens is 3. The zero-order valence-electron chi connectivity index (χ0n) is 23.8. The van der Waals surface area contributed by atoms with Crippen molar-refractivity contribution in [3.8, 4) is 5.75 Å². The van der Waals surface area contributed by atoms with Gasteiger partial charge < -0.3 is 35.6 Å². The molecule has 9 nitrogen and oxygen atoms in total. The molecule has 1 fully saturated rings. The van der Waals surface area contributed by atoms with Crippen LogP contribution in [0.25, 0.3) is 0 Å². The molecule has 0 bridgehead atoms. The number of hydrogen-bond donors (Lipinski definition) is 4. The second-order valence-electron chi connectivity index (χ2n) is 10.6. The summed E-state index contributed by atoms with van der Waals surface area (Å²) in [5.74, 6) is 0.525. The van der Waals surface area contributed by atoms with E-state index >= 15 is 0 Å². The van der Waals surface area contributed by atoms with Crippen molar-refractivity contribution in [1.29, 1.82) is 0 Å². The molecule has 220 valence electrons. The van der Waals surface area contributed by atoms with E-state index < -0.39 is 17.6 Å². The normalized spacial score (nSPS) is 17.1. The standard InChI is InChI=1S/C29H36ClF2N7O2/c1-7-9-33-22-13-23(26(41-6)14-24(22)39-15-20(32)25(16-39)38(4)5)36-28-34-10-8-27(37-28)35-21-12-18(30)19(31)11-17(21)29(2,3)40/h7-8,10-14,20,25,33,40H,1,9,15-16H2,2-6H3,(H2,34,35,36,37)/t20-,25+/m1/s1. The summed E-state index contributed by atoms with van der Waals surface area (Å²) in [5.41, 5.74) is 1.54. The summed E-state index contributed by atoms with van der Waals surface area (Å²) in [4.78, 5) is 12.8. The Bertz CT molecular complexity index is 1400. The van der Waals surface area contributed by atoms with Crippen LogP contribution in [0.3, 0.4) is 0 Å². The number of anilines is 6. The molecule has 2 aromatic carbocycles. The number of ether oxygens (including phenoxy) is 1. The monoisotopic (exact) mass is 587 g/mol. The zero-order valence-corrected chi connectivity index (χ0v) is 24.6. The maximum Gasteiger partial charge on any atom is 0.229 e. The fraction of sp³-hybridized carbons (Fsp3) is 0.379. The number of nitrogens with one attached hydrogen (secondary N) is 3. The van der Waals surface area contributed by atoms with Gasteiger partial charge in [0.25, 0.3) is 0 Å². The highest BCUT2D eigenvalue weighted by molar-refractivity contribution is 6.31. The Morgan fingerprint density at radius 2 is 1.95 bits per heavy atom. The molecule has 41 heavy (non-hydrogen) atoms. The summed E-state index contributed by atoms with van der Waals surface area (Å²) in [5, 5.41) is 20.1. The van der Waals surface area contributed by atoms with Gasteiger partial charge in [-0.05, 0) is 52.2 Å². The number of methoxy groups -OCH3 is 1. The van der Waals surface area contributed by atoms with Gasteiger partial charge in [-0.2, -0.15) is 4.98 Å². The van der Waals surface area contributed by atoms with E-state index in [1.54, 1.807) is 39.3 Å². The Morgan fingerprint density at radius 1 is 1.20 bits per heavy atom. The van der Waals surface area contributed by atoms with Gasteiger partial charge in [0.1, 0.15) is 23.6 Å². The molecule has 1 aliphatic heterocycles. The first-order chi connectivity index (χ1) is 19.4. The van der Waals surface area contributed by atoms with E-state index in [4.69, 9.17) is 16.3 Å². The molecule has 0 unspecified atom stereocenters. The highest BCUT2D eigenvalue weighted by atomic mass is 35.5. The third-order valence-corrected chi connectivity index (χ3v) is 7.15.